The van der Waals surface area contributed by atoms with Gasteiger partial charge in [0, 0.05) is 38.5 Å². The Kier molecular flexibility index (Phi) is 5.77. The molecule has 2 aromatic heterocycles. The van der Waals surface area contributed by atoms with Crippen LogP contribution in [0.4, 0.5) is 0 Å². The number of hydrogen-bond acceptors (Lipinski definition) is 4. The molecule has 0 saturated heterocycles. The number of hydrogen-bond donors (Lipinski definition) is 1. The lowest BCUT2D eigenvalue weighted by Crippen LogP contribution is -2.14. The fourth-order valence-electron chi connectivity index (χ4n) is 4.90. The summed E-state index contributed by atoms with van der Waals surface area (Å²) in [6, 6.07) is 33.4. The number of halogens is 1. The predicted molar refractivity (Wildman–Crippen MR) is 161 cm³/mol. The van der Waals surface area contributed by atoms with Crippen LogP contribution in [-0.2, 0) is 0 Å². The van der Waals surface area contributed by atoms with Crippen LogP contribution in [0.25, 0.3) is 59.8 Å². The summed E-state index contributed by atoms with van der Waals surface area (Å²) >= 11 is 8.41. The highest BCUT2D eigenvalue weighted by Gasteiger charge is 2.17. The van der Waals surface area contributed by atoms with E-state index >= 15 is 0 Å². The molecular formula is C33H22ClN3S. The number of aromatic nitrogens is 2. The fourth-order valence-corrected chi connectivity index (χ4v) is 6.29. The molecule has 1 aliphatic rings. The van der Waals surface area contributed by atoms with Crippen LogP contribution in [0.2, 0.25) is 5.02 Å². The Hall–Kier alpha value is -4.25. The molecule has 0 spiro atoms. The predicted octanol–water partition coefficient (Wildman–Crippen LogP) is 9.00. The van der Waals surface area contributed by atoms with E-state index in [9.17, 15) is 0 Å². The molecule has 0 atom stereocenters. The lowest BCUT2D eigenvalue weighted by molar-refractivity contribution is 0.996. The molecule has 1 N–H and O–H groups in total. The van der Waals surface area contributed by atoms with Gasteiger partial charge in [-0.05, 0) is 47.0 Å². The van der Waals surface area contributed by atoms with E-state index in [1.165, 1.54) is 4.70 Å². The van der Waals surface area contributed by atoms with Gasteiger partial charge in [-0.2, -0.15) is 0 Å². The van der Waals surface area contributed by atoms with Crippen molar-refractivity contribution in [1.29, 1.82) is 0 Å². The first kappa shape index (κ1) is 22.9. The van der Waals surface area contributed by atoms with E-state index in [0.717, 1.165) is 61.4 Å². The maximum Gasteiger partial charge on any atom is 0.160 e. The molecule has 182 valence electrons. The van der Waals surface area contributed by atoms with E-state index in [1.54, 1.807) is 11.3 Å². The third kappa shape index (κ3) is 4.18. The first-order valence-electron chi connectivity index (χ1n) is 12.5. The first-order valence-corrected chi connectivity index (χ1v) is 13.7. The van der Waals surface area contributed by atoms with Crippen LogP contribution in [0.3, 0.4) is 0 Å². The van der Waals surface area contributed by atoms with Gasteiger partial charge in [0.15, 0.2) is 5.82 Å². The number of rotatable bonds is 4. The third-order valence-corrected chi connectivity index (χ3v) is 8.15. The molecule has 0 bridgehead atoms. The summed E-state index contributed by atoms with van der Waals surface area (Å²) in [5, 5.41) is 5.22. The zero-order valence-corrected chi connectivity index (χ0v) is 21.9. The SMILES string of the molecule is Clc1cc(-c2ccc(C3=CC=CCN3)cc2)cc(-c2nc(-c3ccccc3)c3sc4ccccc4c3n2)c1. The second-order valence-corrected chi connectivity index (χ2v) is 10.7. The van der Waals surface area contributed by atoms with Gasteiger partial charge in [0.25, 0.3) is 0 Å². The van der Waals surface area contributed by atoms with Crippen LogP contribution in [0, 0.1) is 0 Å². The van der Waals surface area contributed by atoms with Gasteiger partial charge in [-0.15, -0.1) is 11.3 Å². The van der Waals surface area contributed by atoms with E-state index in [4.69, 9.17) is 21.6 Å². The Morgan fingerprint density at radius 3 is 2.29 bits per heavy atom. The smallest absolute Gasteiger partial charge is 0.160 e. The highest BCUT2D eigenvalue weighted by molar-refractivity contribution is 7.26. The van der Waals surface area contributed by atoms with Crippen molar-refractivity contribution >= 4 is 48.9 Å². The second-order valence-electron chi connectivity index (χ2n) is 9.23. The number of thiophene rings is 1. The Morgan fingerprint density at radius 2 is 1.47 bits per heavy atom. The van der Waals surface area contributed by atoms with Gasteiger partial charge in [-0.3, -0.25) is 0 Å². The highest BCUT2D eigenvalue weighted by Crippen LogP contribution is 2.40. The molecule has 0 amide bonds. The number of nitrogens with one attached hydrogen (secondary N) is 1. The minimum Gasteiger partial charge on any atom is -0.381 e. The van der Waals surface area contributed by atoms with Crippen LogP contribution >= 0.6 is 22.9 Å². The Balaban J connectivity index is 1.37. The Labute approximate surface area is 229 Å². The molecule has 0 saturated carbocycles. The summed E-state index contributed by atoms with van der Waals surface area (Å²) in [7, 11) is 0. The molecule has 1 aliphatic heterocycles. The number of allylic oxidation sites excluding steroid dienone is 2. The number of benzene rings is 4. The molecule has 6 aromatic rings. The van der Waals surface area contributed by atoms with Crippen molar-refractivity contribution in [2.24, 2.45) is 0 Å². The van der Waals surface area contributed by atoms with Gasteiger partial charge in [0.1, 0.15) is 0 Å². The zero-order valence-electron chi connectivity index (χ0n) is 20.4. The normalized spacial score (nSPS) is 13.0. The molecule has 4 aromatic carbocycles. The molecule has 0 unspecified atom stereocenters. The Morgan fingerprint density at radius 1 is 0.711 bits per heavy atom. The van der Waals surface area contributed by atoms with Crippen molar-refractivity contribution in [3.05, 3.63) is 126 Å². The zero-order chi connectivity index (χ0) is 25.5. The van der Waals surface area contributed by atoms with Gasteiger partial charge in [-0.1, -0.05) is 96.5 Å². The monoisotopic (exact) mass is 527 g/mol. The quantitative estimate of drug-likeness (QED) is 0.248. The molecule has 3 heterocycles. The molecule has 3 nitrogen and oxygen atoms in total. The van der Waals surface area contributed by atoms with Crippen molar-refractivity contribution in [3.8, 4) is 33.8 Å². The molecule has 0 radical (unpaired) electrons. The van der Waals surface area contributed by atoms with Crippen LogP contribution in [0.1, 0.15) is 5.56 Å². The summed E-state index contributed by atoms with van der Waals surface area (Å²) in [5.74, 6) is 0.670. The van der Waals surface area contributed by atoms with E-state index in [2.05, 4.69) is 90.3 Å². The maximum absolute atomic E-state index is 6.67. The molecule has 5 heteroatoms. The van der Waals surface area contributed by atoms with Crippen LogP contribution in [0.5, 0.6) is 0 Å². The number of dihydropyridines is 1. The third-order valence-electron chi connectivity index (χ3n) is 6.76. The van der Waals surface area contributed by atoms with Crippen molar-refractivity contribution in [1.82, 2.24) is 15.3 Å². The van der Waals surface area contributed by atoms with Crippen LogP contribution in [0.15, 0.2) is 115 Å². The van der Waals surface area contributed by atoms with Crippen molar-refractivity contribution in [2.75, 3.05) is 6.54 Å². The summed E-state index contributed by atoms with van der Waals surface area (Å²) in [6.07, 6.45) is 6.29. The van der Waals surface area contributed by atoms with Crippen LogP contribution in [-0.4, -0.2) is 16.5 Å². The highest BCUT2D eigenvalue weighted by atomic mass is 35.5. The lowest BCUT2D eigenvalue weighted by Gasteiger charge is -2.13. The molecule has 0 aliphatic carbocycles. The van der Waals surface area contributed by atoms with E-state index in [1.807, 2.05) is 30.3 Å². The van der Waals surface area contributed by atoms with E-state index < -0.39 is 0 Å². The summed E-state index contributed by atoms with van der Waals surface area (Å²) in [4.78, 5) is 10.2. The van der Waals surface area contributed by atoms with Gasteiger partial charge in [0.05, 0.1) is 15.9 Å². The number of fused-ring (bicyclic) bond motifs is 3. The largest absolute Gasteiger partial charge is 0.381 e. The number of nitrogens with zero attached hydrogens (tertiary/aromatic N) is 2. The van der Waals surface area contributed by atoms with Gasteiger partial charge < -0.3 is 5.32 Å². The average Bonchev–Trinajstić information content (AvgIpc) is 3.36. The van der Waals surface area contributed by atoms with Crippen LogP contribution < -0.4 is 5.32 Å². The van der Waals surface area contributed by atoms with Gasteiger partial charge in [-0.25, -0.2) is 9.97 Å². The minimum absolute atomic E-state index is 0.656. The van der Waals surface area contributed by atoms with Crippen molar-refractivity contribution in [2.45, 2.75) is 0 Å². The molecule has 7 rings (SSSR count). The van der Waals surface area contributed by atoms with Gasteiger partial charge in [0.2, 0.25) is 0 Å². The first-order chi connectivity index (χ1) is 18.7. The average molecular weight is 528 g/mol. The summed E-state index contributed by atoms with van der Waals surface area (Å²) < 4.78 is 2.30. The topological polar surface area (TPSA) is 37.8 Å². The van der Waals surface area contributed by atoms with Crippen molar-refractivity contribution < 1.29 is 0 Å². The summed E-state index contributed by atoms with van der Waals surface area (Å²) in [6.45, 7) is 0.847. The summed E-state index contributed by atoms with van der Waals surface area (Å²) in [5.41, 5.74) is 8.30. The second kappa shape index (κ2) is 9.56. The molecular weight excluding hydrogens is 506 g/mol. The van der Waals surface area contributed by atoms with E-state index in [-0.39, 0.29) is 0 Å². The molecule has 0 fully saturated rings. The minimum atomic E-state index is 0.656. The van der Waals surface area contributed by atoms with Crippen molar-refractivity contribution in [3.63, 3.8) is 0 Å². The maximum atomic E-state index is 6.67. The van der Waals surface area contributed by atoms with E-state index in [0.29, 0.717) is 10.8 Å². The molecule has 38 heavy (non-hydrogen) atoms. The standard InChI is InChI=1S/C33H22ClN3S/c34-26-19-24(21-13-15-22(16-14-21)28-11-6-7-17-35-28)18-25(20-26)33-36-30(23-8-2-1-3-9-23)32-31(37-33)27-10-4-5-12-29(27)38-32/h1-16,18-20,35H,17H2. The van der Waals surface area contributed by atoms with Gasteiger partial charge >= 0.3 is 0 Å². The Bertz CT molecular complexity index is 1870. The lowest BCUT2D eigenvalue weighted by atomic mass is 10.00. The fraction of sp³-hybridized carbons (Fsp3) is 0.0303.